The van der Waals surface area contributed by atoms with Crippen LogP contribution in [0.5, 0.6) is 0 Å². The number of carbonyl (C=O) groups is 1. The number of aldehydes is 1. The van der Waals surface area contributed by atoms with Gasteiger partial charge in [-0.2, -0.15) is 0 Å². The SMILES string of the molecule is CC(C)(C)c1cccc(C=O)c1.C[C@H]([NH3+])c1cccc(C(C)(C)C)c1.[Cl-]. The van der Waals surface area contributed by atoms with E-state index < -0.39 is 0 Å². The van der Waals surface area contributed by atoms with Crippen molar-refractivity contribution in [2.24, 2.45) is 0 Å². The summed E-state index contributed by atoms with van der Waals surface area (Å²) in [6, 6.07) is 16.8. The molecule has 0 spiro atoms. The molecule has 0 aliphatic carbocycles. The molecule has 0 unspecified atom stereocenters. The van der Waals surface area contributed by atoms with E-state index in [2.05, 4.69) is 78.5 Å². The Labute approximate surface area is 165 Å². The van der Waals surface area contributed by atoms with Crippen LogP contribution in [0.1, 0.15) is 81.6 Å². The molecule has 2 rings (SSSR count). The second-order valence-electron chi connectivity index (χ2n) is 8.77. The number of quaternary nitrogens is 1. The first-order valence-corrected chi connectivity index (χ1v) is 8.94. The Hall–Kier alpha value is -1.64. The molecular formula is C23H34ClNO. The fourth-order valence-corrected chi connectivity index (χ4v) is 2.39. The second kappa shape index (κ2) is 9.89. The van der Waals surface area contributed by atoms with Gasteiger partial charge in [0, 0.05) is 11.1 Å². The zero-order chi connectivity index (χ0) is 19.3. The van der Waals surface area contributed by atoms with Crippen LogP contribution < -0.4 is 18.1 Å². The zero-order valence-electron chi connectivity index (χ0n) is 17.3. The Kier molecular flexibility index (Phi) is 9.27. The number of benzene rings is 2. The normalized spacial score (nSPS) is 12.3. The maximum atomic E-state index is 10.5. The van der Waals surface area contributed by atoms with Crippen LogP contribution in [0, 0.1) is 0 Å². The molecule has 0 radical (unpaired) electrons. The molecule has 3 heteroatoms. The van der Waals surface area contributed by atoms with Crippen molar-refractivity contribution < 1.29 is 22.9 Å². The van der Waals surface area contributed by atoms with Gasteiger partial charge in [-0.1, -0.05) is 77.9 Å². The van der Waals surface area contributed by atoms with Crippen molar-refractivity contribution in [3.63, 3.8) is 0 Å². The Morgan fingerprint density at radius 3 is 1.73 bits per heavy atom. The summed E-state index contributed by atoms with van der Waals surface area (Å²) < 4.78 is 0. The zero-order valence-corrected chi connectivity index (χ0v) is 18.0. The van der Waals surface area contributed by atoms with Crippen molar-refractivity contribution in [3.05, 3.63) is 70.8 Å². The van der Waals surface area contributed by atoms with Gasteiger partial charge in [0.2, 0.25) is 0 Å². The van der Waals surface area contributed by atoms with Crippen molar-refractivity contribution >= 4 is 6.29 Å². The van der Waals surface area contributed by atoms with Gasteiger partial charge in [-0.15, -0.1) is 0 Å². The van der Waals surface area contributed by atoms with Gasteiger partial charge < -0.3 is 18.1 Å². The first-order chi connectivity index (χ1) is 11.4. The van der Waals surface area contributed by atoms with Crippen molar-refractivity contribution in [1.29, 1.82) is 0 Å². The van der Waals surface area contributed by atoms with E-state index in [-0.39, 0.29) is 23.2 Å². The molecule has 3 N–H and O–H groups in total. The summed E-state index contributed by atoms with van der Waals surface area (Å²) in [6.07, 6.45) is 0.884. The van der Waals surface area contributed by atoms with E-state index in [1.54, 1.807) is 0 Å². The number of hydrogen-bond acceptors (Lipinski definition) is 1. The number of hydrogen-bond donors (Lipinski definition) is 1. The minimum absolute atomic E-state index is 0. The first kappa shape index (κ1) is 24.4. The quantitative estimate of drug-likeness (QED) is 0.802. The first-order valence-electron chi connectivity index (χ1n) is 8.94. The maximum Gasteiger partial charge on any atom is 0.150 e. The number of halogens is 1. The van der Waals surface area contributed by atoms with Gasteiger partial charge in [-0.3, -0.25) is 4.79 Å². The van der Waals surface area contributed by atoms with Crippen LogP contribution in [-0.4, -0.2) is 6.29 Å². The molecule has 144 valence electrons. The highest BCUT2D eigenvalue weighted by Crippen LogP contribution is 2.24. The van der Waals surface area contributed by atoms with Crippen molar-refractivity contribution in [3.8, 4) is 0 Å². The molecule has 0 bridgehead atoms. The van der Waals surface area contributed by atoms with Gasteiger partial charge in [0.15, 0.2) is 0 Å². The molecule has 0 aliphatic rings. The summed E-state index contributed by atoms with van der Waals surface area (Å²) in [5, 5.41) is 0. The molecule has 0 saturated carbocycles. The number of carbonyl (C=O) groups excluding carboxylic acids is 1. The topological polar surface area (TPSA) is 44.7 Å². The minimum Gasteiger partial charge on any atom is -1.00 e. The van der Waals surface area contributed by atoms with Crippen molar-refractivity contribution in [2.75, 3.05) is 0 Å². The summed E-state index contributed by atoms with van der Waals surface area (Å²) >= 11 is 0. The van der Waals surface area contributed by atoms with Gasteiger partial charge in [-0.25, -0.2) is 0 Å². The van der Waals surface area contributed by atoms with Crippen molar-refractivity contribution in [2.45, 2.75) is 65.3 Å². The van der Waals surface area contributed by atoms with Crippen LogP contribution in [0.4, 0.5) is 0 Å². The standard InChI is InChI=1S/C12H19N.C11H14O.ClH/c1-9(13)10-6-5-7-11(8-10)12(2,3)4;1-11(2,3)10-6-4-5-9(7-10)8-12;/h5-9H,13H2,1-4H3;4-8H,1-3H3;1H/t9-;;/m0../s1. The monoisotopic (exact) mass is 375 g/mol. The number of rotatable bonds is 2. The molecule has 2 nitrogen and oxygen atoms in total. The third-order valence-electron chi connectivity index (χ3n) is 4.21. The summed E-state index contributed by atoms with van der Waals surface area (Å²) in [7, 11) is 0. The molecule has 0 aliphatic heterocycles. The maximum absolute atomic E-state index is 10.5. The minimum atomic E-state index is 0. The van der Waals surface area contributed by atoms with Gasteiger partial charge in [0.05, 0.1) is 0 Å². The van der Waals surface area contributed by atoms with Crippen LogP contribution in [0.2, 0.25) is 0 Å². The lowest BCUT2D eigenvalue weighted by Gasteiger charge is -2.19. The lowest BCUT2D eigenvalue weighted by Crippen LogP contribution is -3.00. The van der Waals surface area contributed by atoms with Gasteiger partial charge in [0.1, 0.15) is 12.3 Å². The fourth-order valence-electron chi connectivity index (χ4n) is 2.39. The highest BCUT2D eigenvalue weighted by molar-refractivity contribution is 5.75. The molecule has 26 heavy (non-hydrogen) atoms. The summed E-state index contributed by atoms with van der Waals surface area (Å²) in [5.41, 5.74) is 9.07. The highest BCUT2D eigenvalue weighted by atomic mass is 35.5. The smallest absolute Gasteiger partial charge is 0.150 e. The largest absolute Gasteiger partial charge is 1.00 e. The van der Waals surface area contributed by atoms with Gasteiger partial charge in [-0.05, 0) is 41.0 Å². The predicted octanol–water partition coefficient (Wildman–Crippen LogP) is 2.09. The lowest BCUT2D eigenvalue weighted by atomic mass is 9.85. The fraction of sp³-hybridized carbons (Fsp3) is 0.435. The Bertz CT molecular complexity index is 694. The highest BCUT2D eigenvalue weighted by Gasteiger charge is 2.15. The van der Waals surface area contributed by atoms with E-state index in [9.17, 15) is 4.79 Å². The predicted molar refractivity (Wildman–Crippen MR) is 107 cm³/mol. The average molecular weight is 376 g/mol. The third-order valence-corrected chi connectivity index (χ3v) is 4.21. The molecule has 2 aromatic rings. The van der Waals surface area contributed by atoms with E-state index in [0.29, 0.717) is 6.04 Å². The van der Waals surface area contributed by atoms with Gasteiger partial charge in [0.25, 0.3) is 0 Å². The van der Waals surface area contributed by atoms with Crippen LogP contribution in [0.25, 0.3) is 0 Å². The van der Waals surface area contributed by atoms with Crippen LogP contribution >= 0.6 is 0 Å². The molecular weight excluding hydrogens is 342 g/mol. The average Bonchev–Trinajstić information content (AvgIpc) is 2.54. The third kappa shape index (κ3) is 7.72. The summed E-state index contributed by atoms with van der Waals surface area (Å²) in [4.78, 5) is 10.5. The molecule has 0 aromatic heterocycles. The molecule has 2 aromatic carbocycles. The van der Waals surface area contributed by atoms with E-state index >= 15 is 0 Å². The Balaban J connectivity index is 0.000000464. The van der Waals surface area contributed by atoms with E-state index in [1.807, 2.05) is 24.3 Å². The molecule has 0 saturated heterocycles. The van der Waals surface area contributed by atoms with E-state index in [0.717, 1.165) is 11.8 Å². The molecule has 0 fully saturated rings. The van der Waals surface area contributed by atoms with E-state index in [4.69, 9.17) is 0 Å². The Morgan fingerprint density at radius 1 is 0.846 bits per heavy atom. The van der Waals surface area contributed by atoms with Gasteiger partial charge >= 0.3 is 0 Å². The van der Waals surface area contributed by atoms with Crippen LogP contribution in [0.15, 0.2) is 48.5 Å². The van der Waals surface area contributed by atoms with Crippen LogP contribution in [-0.2, 0) is 10.8 Å². The molecule has 1 atom stereocenters. The molecule has 0 heterocycles. The lowest BCUT2D eigenvalue weighted by molar-refractivity contribution is -0.420. The Morgan fingerprint density at radius 2 is 1.31 bits per heavy atom. The van der Waals surface area contributed by atoms with Crippen LogP contribution in [0.3, 0.4) is 0 Å². The van der Waals surface area contributed by atoms with Crippen molar-refractivity contribution in [1.82, 2.24) is 0 Å². The summed E-state index contributed by atoms with van der Waals surface area (Å²) in [5.74, 6) is 0. The van der Waals surface area contributed by atoms with E-state index in [1.165, 1.54) is 16.7 Å². The molecule has 0 amide bonds. The summed E-state index contributed by atoms with van der Waals surface area (Å²) in [6.45, 7) is 15.2. The second-order valence-corrected chi connectivity index (χ2v) is 8.77.